The Bertz CT molecular complexity index is 712. The monoisotopic (exact) mass is 254 g/mol. The topological polar surface area (TPSA) is 73.6 Å². The Morgan fingerprint density at radius 1 is 1.42 bits per heavy atom. The molecule has 0 atom stereocenters. The van der Waals surface area contributed by atoms with Crippen LogP contribution in [0.15, 0.2) is 36.8 Å². The lowest BCUT2D eigenvalue weighted by Gasteiger charge is -2.01. The first-order valence-electron chi connectivity index (χ1n) is 6.08. The first-order chi connectivity index (χ1) is 9.24. The number of nitrogens with one attached hydrogen (secondary N) is 3. The van der Waals surface area contributed by atoms with Crippen molar-refractivity contribution in [3.8, 4) is 0 Å². The fraction of sp³-hybridized carbons (Fsp3) is 0.143. The minimum Gasteiger partial charge on any atom is -0.350 e. The fourth-order valence-electron chi connectivity index (χ4n) is 2.08. The molecule has 2 heterocycles. The van der Waals surface area contributed by atoms with E-state index in [9.17, 15) is 4.79 Å². The van der Waals surface area contributed by atoms with Crippen LogP contribution in [0.2, 0.25) is 0 Å². The maximum Gasteiger partial charge on any atom is 0.268 e. The number of imidazole rings is 1. The molecule has 19 heavy (non-hydrogen) atoms. The van der Waals surface area contributed by atoms with Crippen molar-refractivity contribution in [3.05, 3.63) is 53.7 Å². The summed E-state index contributed by atoms with van der Waals surface area (Å²) >= 11 is 0. The van der Waals surface area contributed by atoms with Crippen molar-refractivity contribution in [2.24, 2.45) is 0 Å². The van der Waals surface area contributed by atoms with Crippen LogP contribution >= 0.6 is 0 Å². The average molecular weight is 254 g/mol. The molecule has 0 saturated heterocycles. The van der Waals surface area contributed by atoms with Crippen LogP contribution in [0.25, 0.3) is 10.9 Å². The number of hydrogen-bond acceptors (Lipinski definition) is 2. The zero-order valence-electron chi connectivity index (χ0n) is 10.5. The van der Waals surface area contributed by atoms with E-state index in [-0.39, 0.29) is 5.91 Å². The van der Waals surface area contributed by atoms with E-state index in [0.29, 0.717) is 12.2 Å². The number of hydrogen-bond donors (Lipinski definition) is 3. The van der Waals surface area contributed by atoms with Crippen LogP contribution in [-0.2, 0) is 6.54 Å². The van der Waals surface area contributed by atoms with Crippen LogP contribution in [-0.4, -0.2) is 20.9 Å². The second-order valence-corrected chi connectivity index (χ2v) is 4.48. The molecule has 1 amide bonds. The molecule has 0 unspecified atom stereocenters. The smallest absolute Gasteiger partial charge is 0.268 e. The van der Waals surface area contributed by atoms with Gasteiger partial charge < -0.3 is 15.3 Å². The van der Waals surface area contributed by atoms with Gasteiger partial charge in [0.15, 0.2) is 0 Å². The lowest BCUT2D eigenvalue weighted by molar-refractivity contribution is 0.0946. The Kier molecular flexibility index (Phi) is 2.79. The zero-order chi connectivity index (χ0) is 13.2. The van der Waals surface area contributed by atoms with Crippen LogP contribution in [0.3, 0.4) is 0 Å². The van der Waals surface area contributed by atoms with Gasteiger partial charge in [-0.05, 0) is 18.6 Å². The van der Waals surface area contributed by atoms with Crippen LogP contribution in [0.1, 0.15) is 21.7 Å². The van der Waals surface area contributed by atoms with Crippen molar-refractivity contribution in [1.82, 2.24) is 20.3 Å². The van der Waals surface area contributed by atoms with Gasteiger partial charge in [0.1, 0.15) is 5.69 Å². The van der Waals surface area contributed by atoms with Gasteiger partial charge in [0, 0.05) is 17.1 Å². The molecule has 3 N–H and O–H groups in total. The predicted molar refractivity (Wildman–Crippen MR) is 72.8 cm³/mol. The summed E-state index contributed by atoms with van der Waals surface area (Å²) < 4.78 is 0. The Balaban J connectivity index is 1.80. The van der Waals surface area contributed by atoms with Gasteiger partial charge in [0.25, 0.3) is 5.91 Å². The van der Waals surface area contributed by atoms with Gasteiger partial charge in [-0.3, -0.25) is 4.79 Å². The SMILES string of the molecule is Cc1cccc2cc(C(=O)NCc3cnc[nH]3)[nH]c12. The summed E-state index contributed by atoms with van der Waals surface area (Å²) in [4.78, 5) is 22.0. The van der Waals surface area contributed by atoms with Crippen LogP contribution in [0.4, 0.5) is 0 Å². The Morgan fingerprint density at radius 3 is 3.05 bits per heavy atom. The van der Waals surface area contributed by atoms with Crippen molar-refractivity contribution < 1.29 is 4.79 Å². The molecule has 3 rings (SSSR count). The Labute approximate surface area is 110 Å². The summed E-state index contributed by atoms with van der Waals surface area (Å²) in [5, 5.41) is 3.89. The summed E-state index contributed by atoms with van der Waals surface area (Å²) in [6, 6.07) is 7.86. The van der Waals surface area contributed by atoms with Gasteiger partial charge in [-0.2, -0.15) is 0 Å². The lowest BCUT2D eigenvalue weighted by Crippen LogP contribution is -2.23. The van der Waals surface area contributed by atoms with Gasteiger partial charge in [-0.1, -0.05) is 18.2 Å². The number of aryl methyl sites for hydroxylation is 1. The van der Waals surface area contributed by atoms with Crippen molar-refractivity contribution in [2.45, 2.75) is 13.5 Å². The molecule has 2 aromatic heterocycles. The second-order valence-electron chi connectivity index (χ2n) is 4.48. The predicted octanol–water partition coefficient (Wildman–Crippen LogP) is 2.13. The molecule has 5 nitrogen and oxygen atoms in total. The molecule has 0 fully saturated rings. The molecule has 3 aromatic rings. The quantitative estimate of drug-likeness (QED) is 0.670. The molecular weight excluding hydrogens is 240 g/mol. The van der Waals surface area contributed by atoms with Crippen LogP contribution < -0.4 is 5.32 Å². The lowest BCUT2D eigenvalue weighted by atomic mass is 10.2. The minimum atomic E-state index is -0.120. The number of rotatable bonds is 3. The molecule has 0 radical (unpaired) electrons. The van der Waals surface area contributed by atoms with Crippen LogP contribution in [0, 0.1) is 6.92 Å². The van der Waals surface area contributed by atoms with Crippen molar-refractivity contribution >= 4 is 16.8 Å². The number of para-hydroxylation sites is 1. The summed E-state index contributed by atoms with van der Waals surface area (Å²) in [6.07, 6.45) is 3.28. The average Bonchev–Trinajstić information content (AvgIpc) is 3.05. The molecule has 1 aromatic carbocycles. The van der Waals surface area contributed by atoms with Crippen LogP contribution in [0.5, 0.6) is 0 Å². The first-order valence-corrected chi connectivity index (χ1v) is 6.08. The molecule has 0 aliphatic rings. The normalized spacial score (nSPS) is 10.8. The number of aromatic nitrogens is 3. The molecule has 0 bridgehead atoms. The van der Waals surface area contributed by atoms with Gasteiger partial charge in [0.05, 0.1) is 18.6 Å². The minimum absolute atomic E-state index is 0.120. The third kappa shape index (κ3) is 2.22. The van der Waals surface area contributed by atoms with E-state index in [1.807, 2.05) is 31.2 Å². The highest BCUT2D eigenvalue weighted by molar-refractivity contribution is 5.98. The summed E-state index contributed by atoms with van der Waals surface area (Å²) in [7, 11) is 0. The maximum absolute atomic E-state index is 12.0. The highest BCUT2D eigenvalue weighted by Crippen LogP contribution is 2.18. The van der Waals surface area contributed by atoms with E-state index in [1.54, 1.807) is 12.5 Å². The van der Waals surface area contributed by atoms with E-state index in [4.69, 9.17) is 0 Å². The van der Waals surface area contributed by atoms with E-state index in [0.717, 1.165) is 22.2 Å². The summed E-state index contributed by atoms with van der Waals surface area (Å²) in [6.45, 7) is 2.46. The number of benzene rings is 1. The van der Waals surface area contributed by atoms with Gasteiger partial charge >= 0.3 is 0 Å². The van der Waals surface area contributed by atoms with E-state index < -0.39 is 0 Å². The van der Waals surface area contributed by atoms with E-state index in [2.05, 4.69) is 20.3 Å². The highest BCUT2D eigenvalue weighted by atomic mass is 16.1. The fourth-order valence-corrected chi connectivity index (χ4v) is 2.08. The van der Waals surface area contributed by atoms with Gasteiger partial charge in [-0.15, -0.1) is 0 Å². The van der Waals surface area contributed by atoms with E-state index in [1.165, 1.54) is 0 Å². The third-order valence-corrected chi connectivity index (χ3v) is 3.10. The van der Waals surface area contributed by atoms with Crippen molar-refractivity contribution in [3.63, 3.8) is 0 Å². The molecule has 0 aliphatic carbocycles. The van der Waals surface area contributed by atoms with Crippen molar-refractivity contribution in [2.75, 3.05) is 0 Å². The van der Waals surface area contributed by atoms with E-state index >= 15 is 0 Å². The number of H-pyrrole nitrogens is 2. The summed E-state index contributed by atoms with van der Waals surface area (Å²) in [5.74, 6) is -0.120. The Morgan fingerprint density at radius 2 is 2.32 bits per heavy atom. The van der Waals surface area contributed by atoms with Gasteiger partial charge in [0.2, 0.25) is 0 Å². The second kappa shape index (κ2) is 4.61. The molecule has 0 aliphatic heterocycles. The number of carbonyl (C=O) groups is 1. The maximum atomic E-state index is 12.0. The first kappa shape index (κ1) is 11.5. The largest absolute Gasteiger partial charge is 0.350 e. The molecule has 0 saturated carbocycles. The highest BCUT2D eigenvalue weighted by Gasteiger charge is 2.10. The molecule has 5 heteroatoms. The number of amides is 1. The zero-order valence-corrected chi connectivity index (χ0v) is 10.5. The third-order valence-electron chi connectivity index (χ3n) is 3.10. The molecule has 0 spiro atoms. The summed E-state index contributed by atoms with van der Waals surface area (Å²) in [5.41, 5.74) is 3.59. The number of fused-ring (bicyclic) bond motifs is 1. The standard InChI is InChI=1S/C14H14N4O/c1-9-3-2-4-10-5-12(18-13(9)10)14(19)16-7-11-6-15-8-17-11/h2-6,8,18H,7H2,1H3,(H,15,17)(H,16,19). The molecule has 96 valence electrons. The number of nitrogens with zero attached hydrogens (tertiary/aromatic N) is 1. The number of carbonyl (C=O) groups excluding carboxylic acids is 1. The van der Waals surface area contributed by atoms with Crippen molar-refractivity contribution in [1.29, 1.82) is 0 Å². The van der Waals surface area contributed by atoms with Gasteiger partial charge in [-0.25, -0.2) is 4.98 Å². The Hall–Kier alpha value is -2.56. The molecular formula is C14H14N4O. The number of aromatic amines is 2.